The van der Waals surface area contributed by atoms with Crippen molar-refractivity contribution in [2.45, 2.75) is 18.3 Å². The molecule has 24 heavy (non-hydrogen) atoms. The largest absolute Gasteiger partial charge is 0.495 e. The van der Waals surface area contributed by atoms with E-state index in [-0.39, 0.29) is 5.91 Å². The average Bonchev–Trinajstić information content (AvgIpc) is 2.63. The van der Waals surface area contributed by atoms with E-state index in [0.717, 1.165) is 5.56 Å². The number of amides is 1. The van der Waals surface area contributed by atoms with Gasteiger partial charge in [-0.05, 0) is 36.6 Å². The topological polar surface area (TPSA) is 47.6 Å². The minimum Gasteiger partial charge on any atom is -0.495 e. The summed E-state index contributed by atoms with van der Waals surface area (Å²) in [6.07, 6.45) is 1.29. The highest BCUT2D eigenvalue weighted by atomic mass is 35.5. The maximum absolute atomic E-state index is 13.2. The van der Waals surface area contributed by atoms with Crippen molar-refractivity contribution in [2.24, 2.45) is 0 Å². The fourth-order valence-electron chi connectivity index (χ4n) is 3.14. The number of carbonyl (C=O) groups excluding carboxylic acids is 1. The van der Waals surface area contributed by atoms with Crippen LogP contribution in [0.3, 0.4) is 0 Å². The summed E-state index contributed by atoms with van der Waals surface area (Å²) in [6.45, 7) is 1.13. The van der Waals surface area contributed by atoms with Crippen molar-refractivity contribution in [2.75, 3.05) is 25.6 Å². The molecule has 126 valence electrons. The van der Waals surface area contributed by atoms with Crippen LogP contribution in [0.4, 0.5) is 5.69 Å². The van der Waals surface area contributed by atoms with Gasteiger partial charge < -0.3 is 14.8 Å². The maximum atomic E-state index is 13.2. The lowest BCUT2D eigenvalue weighted by Crippen LogP contribution is -2.44. The van der Waals surface area contributed by atoms with Crippen LogP contribution in [0, 0.1) is 0 Å². The van der Waals surface area contributed by atoms with Gasteiger partial charge in [-0.2, -0.15) is 0 Å². The fourth-order valence-corrected chi connectivity index (χ4v) is 3.32. The predicted molar refractivity (Wildman–Crippen MR) is 94.8 cm³/mol. The lowest BCUT2D eigenvalue weighted by molar-refractivity contribution is -0.125. The first-order valence-electron chi connectivity index (χ1n) is 7.94. The minimum absolute atomic E-state index is 0.0578. The van der Waals surface area contributed by atoms with E-state index in [2.05, 4.69) is 5.32 Å². The SMILES string of the molecule is COc1ccc(Cl)cc1NC(=O)C1(c2ccccc2)CCOCC1. The van der Waals surface area contributed by atoms with Crippen LogP contribution < -0.4 is 10.1 Å². The summed E-state index contributed by atoms with van der Waals surface area (Å²) in [7, 11) is 1.57. The smallest absolute Gasteiger partial charge is 0.235 e. The normalized spacial score (nSPS) is 16.4. The maximum Gasteiger partial charge on any atom is 0.235 e. The summed E-state index contributed by atoms with van der Waals surface area (Å²) in [5.74, 6) is 0.528. The molecule has 0 radical (unpaired) electrons. The Morgan fingerprint density at radius 1 is 1.17 bits per heavy atom. The van der Waals surface area contributed by atoms with Gasteiger partial charge in [0, 0.05) is 18.2 Å². The molecule has 0 spiro atoms. The van der Waals surface area contributed by atoms with Gasteiger partial charge in [0.1, 0.15) is 5.75 Å². The molecule has 1 amide bonds. The first-order chi connectivity index (χ1) is 11.7. The van der Waals surface area contributed by atoms with Crippen LogP contribution in [-0.4, -0.2) is 26.2 Å². The summed E-state index contributed by atoms with van der Waals surface area (Å²) in [4.78, 5) is 13.2. The second-order valence-corrected chi connectivity index (χ2v) is 6.30. The molecule has 3 rings (SSSR count). The molecule has 0 aromatic heterocycles. The highest BCUT2D eigenvalue weighted by Crippen LogP contribution is 2.37. The van der Waals surface area contributed by atoms with E-state index in [1.165, 1.54) is 0 Å². The minimum atomic E-state index is -0.604. The number of hydrogen-bond acceptors (Lipinski definition) is 3. The van der Waals surface area contributed by atoms with Gasteiger partial charge in [0.05, 0.1) is 18.2 Å². The Balaban J connectivity index is 1.94. The monoisotopic (exact) mass is 345 g/mol. The van der Waals surface area contributed by atoms with Gasteiger partial charge in [0.2, 0.25) is 5.91 Å². The molecule has 4 nitrogen and oxygen atoms in total. The van der Waals surface area contributed by atoms with Crippen LogP contribution in [0.15, 0.2) is 48.5 Å². The van der Waals surface area contributed by atoms with Gasteiger partial charge in [-0.15, -0.1) is 0 Å². The van der Waals surface area contributed by atoms with E-state index in [1.807, 2.05) is 30.3 Å². The molecule has 0 atom stereocenters. The summed E-state index contributed by atoms with van der Waals surface area (Å²) >= 11 is 6.07. The molecule has 2 aromatic carbocycles. The molecule has 0 saturated carbocycles. The number of halogens is 1. The molecule has 0 unspecified atom stereocenters. The lowest BCUT2D eigenvalue weighted by atomic mass is 9.73. The molecule has 1 saturated heterocycles. The van der Waals surface area contributed by atoms with Crippen molar-refractivity contribution in [3.8, 4) is 5.75 Å². The Morgan fingerprint density at radius 2 is 1.88 bits per heavy atom. The molecule has 0 aliphatic carbocycles. The lowest BCUT2D eigenvalue weighted by Gasteiger charge is -2.36. The van der Waals surface area contributed by atoms with Crippen molar-refractivity contribution in [1.82, 2.24) is 0 Å². The first kappa shape index (κ1) is 16.8. The standard InChI is InChI=1S/C19H20ClNO3/c1-23-17-8-7-15(20)13-16(17)21-18(22)19(9-11-24-12-10-19)14-5-3-2-4-6-14/h2-8,13H,9-12H2,1H3,(H,21,22). The number of nitrogens with one attached hydrogen (secondary N) is 1. The second-order valence-electron chi connectivity index (χ2n) is 5.86. The van der Waals surface area contributed by atoms with Gasteiger partial charge in [-0.1, -0.05) is 41.9 Å². The van der Waals surface area contributed by atoms with E-state index in [9.17, 15) is 4.79 Å². The molecule has 2 aromatic rings. The van der Waals surface area contributed by atoms with E-state index in [0.29, 0.717) is 42.5 Å². The zero-order chi connectivity index (χ0) is 17.0. The number of methoxy groups -OCH3 is 1. The van der Waals surface area contributed by atoms with Crippen molar-refractivity contribution < 1.29 is 14.3 Å². The van der Waals surface area contributed by atoms with Crippen LogP contribution in [0.25, 0.3) is 0 Å². The average molecular weight is 346 g/mol. The van der Waals surface area contributed by atoms with Gasteiger partial charge in [-0.25, -0.2) is 0 Å². The Morgan fingerprint density at radius 3 is 2.54 bits per heavy atom. The van der Waals surface area contributed by atoms with Gasteiger partial charge in [0.25, 0.3) is 0 Å². The third-order valence-corrected chi connectivity index (χ3v) is 4.75. The van der Waals surface area contributed by atoms with Crippen molar-refractivity contribution in [3.63, 3.8) is 0 Å². The highest BCUT2D eigenvalue weighted by molar-refractivity contribution is 6.31. The third kappa shape index (κ3) is 3.25. The molecule has 0 bridgehead atoms. The Hall–Kier alpha value is -2.04. The number of hydrogen-bond donors (Lipinski definition) is 1. The van der Waals surface area contributed by atoms with Crippen molar-refractivity contribution >= 4 is 23.2 Å². The molecule has 1 fully saturated rings. The molecule has 1 heterocycles. The highest BCUT2D eigenvalue weighted by Gasteiger charge is 2.41. The molecule has 1 N–H and O–H groups in total. The number of rotatable bonds is 4. The quantitative estimate of drug-likeness (QED) is 0.909. The van der Waals surface area contributed by atoms with Crippen molar-refractivity contribution in [1.29, 1.82) is 0 Å². The van der Waals surface area contributed by atoms with Crippen LogP contribution in [-0.2, 0) is 14.9 Å². The summed E-state index contributed by atoms with van der Waals surface area (Å²) in [6, 6.07) is 15.1. The van der Waals surface area contributed by atoms with Gasteiger partial charge in [0.15, 0.2) is 0 Å². The summed E-state index contributed by atoms with van der Waals surface area (Å²) < 4.78 is 10.8. The van der Waals surface area contributed by atoms with Crippen LogP contribution in [0.2, 0.25) is 5.02 Å². The first-order valence-corrected chi connectivity index (χ1v) is 8.32. The Labute approximate surface area is 146 Å². The van der Waals surface area contributed by atoms with E-state index >= 15 is 0 Å². The number of benzene rings is 2. The number of carbonyl (C=O) groups is 1. The molecule has 1 aliphatic rings. The Kier molecular flexibility index (Phi) is 5.07. The molecule has 1 aliphatic heterocycles. The van der Waals surface area contributed by atoms with E-state index < -0.39 is 5.41 Å². The zero-order valence-corrected chi connectivity index (χ0v) is 14.3. The van der Waals surface area contributed by atoms with Gasteiger partial charge in [-0.3, -0.25) is 4.79 Å². The predicted octanol–water partition coefficient (Wildman–Crippen LogP) is 4.04. The summed E-state index contributed by atoms with van der Waals surface area (Å²) in [5, 5.41) is 3.56. The second kappa shape index (κ2) is 7.24. The van der Waals surface area contributed by atoms with Crippen LogP contribution >= 0.6 is 11.6 Å². The zero-order valence-electron chi connectivity index (χ0n) is 13.5. The summed E-state index contributed by atoms with van der Waals surface area (Å²) in [5.41, 5.74) is 0.982. The fraction of sp³-hybridized carbons (Fsp3) is 0.316. The third-order valence-electron chi connectivity index (χ3n) is 4.52. The van der Waals surface area contributed by atoms with E-state index in [1.54, 1.807) is 25.3 Å². The van der Waals surface area contributed by atoms with Crippen LogP contribution in [0.1, 0.15) is 18.4 Å². The Bertz CT molecular complexity index is 712. The molecular weight excluding hydrogens is 326 g/mol. The van der Waals surface area contributed by atoms with Gasteiger partial charge >= 0.3 is 0 Å². The molecular formula is C19H20ClNO3. The van der Waals surface area contributed by atoms with E-state index in [4.69, 9.17) is 21.1 Å². The number of ether oxygens (including phenoxy) is 2. The number of anilines is 1. The van der Waals surface area contributed by atoms with Crippen molar-refractivity contribution in [3.05, 3.63) is 59.1 Å². The van der Waals surface area contributed by atoms with Crippen LogP contribution in [0.5, 0.6) is 5.75 Å². The molecule has 5 heteroatoms.